The van der Waals surface area contributed by atoms with Gasteiger partial charge in [0.1, 0.15) is 0 Å². The molecule has 0 aliphatic heterocycles. The SMILES string of the molecule is CCn1ncc(C=O)c1S(=O)(=O)CCC(C)C. The highest BCUT2D eigenvalue weighted by atomic mass is 32.2. The van der Waals surface area contributed by atoms with Gasteiger partial charge >= 0.3 is 0 Å². The minimum atomic E-state index is -3.43. The van der Waals surface area contributed by atoms with Crippen molar-refractivity contribution in [3.63, 3.8) is 0 Å². The molecule has 0 fully saturated rings. The van der Waals surface area contributed by atoms with Crippen molar-refractivity contribution in [1.29, 1.82) is 0 Å². The topological polar surface area (TPSA) is 69.0 Å². The van der Waals surface area contributed by atoms with E-state index in [-0.39, 0.29) is 16.3 Å². The Morgan fingerprint density at radius 3 is 2.59 bits per heavy atom. The molecule has 5 nitrogen and oxygen atoms in total. The molecule has 1 aromatic rings. The van der Waals surface area contributed by atoms with E-state index in [1.807, 2.05) is 13.8 Å². The van der Waals surface area contributed by atoms with E-state index in [1.165, 1.54) is 10.9 Å². The van der Waals surface area contributed by atoms with E-state index in [9.17, 15) is 13.2 Å². The first-order valence-corrected chi connectivity index (χ1v) is 7.31. The second-order valence-electron chi connectivity index (χ2n) is 4.34. The minimum Gasteiger partial charge on any atom is -0.298 e. The highest BCUT2D eigenvalue weighted by Gasteiger charge is 2.24. The molecule has 0 radical (unpaired) electrons. The van der Waals surface area contributed by atoms with Crippen LogP contribution in [0, 0.1) is 5.92 Å². The van der Waals surface area contributed by atoms with Crippen LogP contribution >= 0.6 is 0 Å². The van der Waals surface area contributed by atoms with E-state index < -0.39 is 9.84 Å². The van der Waals surface area contributed by atoms with Crippen molar-refractivity contribution >= 4 is 16.1 Å². The van der Waals surface area contributed by atoms with Crippen LogP contribution in [0.1, 0.15) is 37.6 Å². The molecular formula is C11H18N2O3S. The molecule has 0 atom stereocenters. The Morgan fingerprint density at radius 2 is 2.12 bits per heavy atom. The van der Waals surface area contributed by atoms with Gasteiger partial charge < -0.3 is 0 Å². The van der Waals surface area contributed by atoms with Gasteiger partial charge in [-0.2, -0.15) is 5.10 Å². The van der Waals surface area contributed by atoms with Crippen molar-refractivity contribution in [1.82, 2.24) is 9.78 Å². The van der Waals surface area contributed by atoms with E-state index in [4.69, 9.17) is 0 Å². The van der Waals surface area contributed by atoms with Gasteiger partial charge in [-0.1, -0.05) is 13.8 Å². The third kappa shape index (κ3) is 3.15. The molecular weight excluding hydrogens is 240 g/mol. The van der Waals surface area contributed by atoms with Gasteiger partial charge in [0, 0.05) is 6.54 Å². The fourth-order valence-corrected chi connectivity index (χ4v) is 3.45. The maximum Gasteiger partial charge on any atom is 0.196 e. The van der Waals surface area contributed by atoms with Gasteiger partial charge in [0.25, 0.3) is 0 Å². The lowest BCUT2D eigenvalue weighted by atomic mass is 10.2. The zero-order chi connectivity index (χ0) is 13.1. The molecule has 0 spiro atoms. The van der Waals surface area contributed by atoms with Crippen LogP contribution in [0.4, 0.5) is 0 Å². The zero-order valence-corrected chi connectivity index (χ0v) is 11.2. The molecule has 0 amide bonds. The van der Waals surface area contributed by atoms with E-state index in [0.29, 0.717) is 25.2 Å². The molecule has 0 N–H and O–H groups in total. The molecule has 1 rings (SSSR count). The first kappa shape index (κ1) is 13.9. The van der Waals surface area contributed by atoms with Crippen molar-refractivity contribution in [2.24, 2.45) is 5.92 Å². The van der Waals surface area contributed by atoms with Crippen LogP contribution in [0.2, 0.25) is 0 Å². The summed E-state index contributed by atoms with van der Waals surface area (Å²) in [6.45, 7) is 6.16. The van der Waals surface area contributed by atoms with E-state index >= 15 is 0 Å². The van der Waals surface area contributed by atoms with Gasteiger partial charge in [0.15, 0.2) is 21.1 Å². The molecule has 0 bridgehead atoms. The summed E-state index contributed by atoms with van der Waals surface area (Å²) in [5, 5.41) is 3.96. The summed E-state index contributed by atoms with van der Waals surface area (Å²) in [6.07, 6.45) is 2.43. The maximum atomic E-state index is 12.1. The molecule has 0 saturated heterocycles. The molecule has 96 valence electrons. The smallest absolute Gasteiger partial charge is 0.196 e. The Labute approximate surface area is 102 Å². The monoisotopic (exact) mass is 258 g/mol. The van der Waals surface area contributed by atoms with Crippen molar-refractivity contribution in [2.45, 2.75) is 38.8 Å². The van der Waals surface area contributed by atoms with Gasteiger partial charge in [0.2, 0.25) is 0 Å². The number of rotatable bonds is 6. The third-order valence-electron chi connectivity index (χ3n) is 2.50. The van der Waals surface area contributed by atoms with Crippen molar-refractivity contribution in [2.75, 3.05) is 5.75 Å². The number of aromatic nitrogens is 2. The maximum absolute atomic E-state index is 12.1. The molecule has 0 aliphatic carbocycles. The summed E-state index contributed by atoms with van der Waals surface area (Å²) in [7, 11) is -3.43. The lowest BCUT2D eigenvalue weighted by Crippen LogP contribution is -2.16. The van der Waals surface area contributed by atoms with Crippen LogP contribution in [-0.2, 0) is 16.4 Å². The fraction of sp³-hybridized carbons (Fsp3) is 0.636. The van der Waals surface area contributed by atoms with Crippen LogP contribution in [-0.4, -0.2) is 30.2 Å². The second-order valence-corrected chi connectivity index (χ2v) is 6.36. The number of aldehydes is 1. The number of nitrogens with zero attached hydrogens (tertiary/aromatic N) is 2. The summed E-state index contributed by atoms with van der Waals surface area (Å²) in [4.78, 5) is 10.8. The van der Waals surface area contributed by atoms with Crippen LogP contribution in [0.25, 0.3) is 0 Å². The summed E-state index contributed by atoms with van der Waals surface area (Å²) in [5.74, 6) is 0.361. The quantitative estimate of drug-likeness (QED) is 0.726. The normalized spacial score (nSPS) is 12.0. The molecule has 0 saturated carbocycles. The van der Waals surface area contributed by atoms with Crippen molar-refractivity contribution in [3.05, 3.63) is 11.8 Å². The first-order chi connectivity index (χ1) is 7.92. The Hall–Kier alpha value is -1.17. The summed E-state index contributed by atoms with van der Waals surface area (Å²) >= 11 is 0. The van der Waals surface area contributed by atoms with E-state index in [0.717, 1.165) is 0 Å². The van der Waals surface area contributed by atoms with Gasteiger partial charge in [-0.15, -0.1) is 0 Å². The summed E-state index contributed by atoms with van der Waals surface area (Å²) in [5.41, 5.74) is 0.149. The molecule has 1 aromatic heterocycles. The van der Waals surface area contributed by atoms with Crippen molar-refractivity contribution in [3.8, 4) is 0 Å². The molecule has 0 unspecified atom stereocenters. The number of hydrogen-bond donors (Lipinski definition) is 0. The Bertz CT molecular complexity index is 489. The van der Waals surface area contributed by atoms with Crippen LogP contribution in [0.3, 0.4) is 0 Å². The average molecular weight is 258 g/mol. The molecule has 17 heavy (non-hydrogen) atoms. The van der Waals surface area contributed by atoms with Gasteiger partial charge in [-0.25, -0.2) is 8.42 Å². The van der Waals surface area contributed by atoms with Crippen molar-refractivity contribution < 1.29 is 13.2 Å². The van der Waals surface area contributed by atoms with E-state index in [2.05, 4.69) is 5.10 Å². The Balaban J connectivity index is 3.12. The van der Waals surface area contributed by atoms with Crippen LogP contribution in [0.5, 0.6) is 0 Å². The number of sulfone groups is 1. The lowest BCUT2D eigenvalue weighted by molar-refractivity contribution is 0.112. The predicted molar refractivity (Wildman–Crippen MR) is 64.8 cm³/mol. The molecule has 0 aromatic carbocycles. The summed E-state index contributed by atoms with van der Waals surface area (Å²) < 4.78 is 25.6. The first-order valence-electron chi connectivity index (χ1n) is 5.66. The second kappa shape index (κ2) is 5.44. The minimum absolute atomic E-state index is 0.0515. The molecule has 6 heteroatoms. The predicted octanol–water partition coefficient (Wildman–Crippen LogP) is 1.54. The Morgan fingerprint density at radius 1 is 1.47 bits per heavy atom. The Kier molecular flexibility index (Phi) is 4.45. The average Bonchev–Trinajstić information content (AvgIpc) is 2.70. The number of carbonyl (C=O) groups is 1. The van der Waals surface area contributed by atoms with Crippen LogP contribution in [0.15, 0.2) is 11.2 Å². The number of hydrogen-bond acceptors (Lipinski definition) is 4. The largest absolute Gasteiger partial charge is 0.298 e. The van der Waals surface area contributed by atoms with Gasteiger partial charge in [-0.3, -0.25) is 9.48 Å². The van der Waals surface area contributed by atoms with Crippen LogP contribution < -0.4 is 0 Å². The highest BCUT2D eigenvalue weighted by Crippen LogP contribution is 2.17. The molecule has 1 heterocycles. The summed E-state index contributed by atoms with van der Waals surface area (Å²) in [6, 6.07) is 0. The fourth-order valence-electron chi connectivity index (χ4n) is 1.52. The zero-order valence-electron chi connectivity index (χ0n) is 10.4. The highest BCUT2D eigenvalue weighted by molar-refractivity contribution is 7.91. The standard InChI is InChI=1S/C11H18N2O3S/c1-4-13-11(10(8-14)7-12-13)17(15,16)6-5-9(2)3/h7-9H,4-6H2,1-3H3. The molecule has 0 aliphatic rings. The third-order valence-corrected chi connectivity index (χ3v) is 4.31. The lowest BCUT2D eigenvalue weighted by Gasteiger charge is -2.08. The number of aryl methyl sites for hydroxylation is 1. The number of carbonyl (C=O) groups excluding carboxylic acids is 1. The van der Waals surface area contributed by atoms with Gasteiger partial charge in [-0.05, 0) is 19.3 Å². The van der Waals surface area contributed by atoms with E-state index in [1.54, 1.807) is 6.92 Å². The van der Waals surface area contributed by atoms with Gasteiger partial charge in [0.05, 0.1) is 17.5 Å².